The molecule has 0 aliphatic carbocycles. The van der Waals surface area contributed by atoms with E-state index in [1.807, 2.05) is 79.0 Å². The van der Waals surface area contributed by atoms with Crippen molar-refractivity contribution in [2.24, 2.45) is 4.99 Å². The molecule has 0 aliphatic heterocycles. The number of nitrogens with zero attached hydrogens (tertiary/aromatic N) is 1. The van der Waals surface area contributed by atoms with E-state index in [9.17, 15) is 5.11 Å². The third-order valence-corrected chi connectivity index (χ3v) is 6.34. The van der Waals surface area contributed by atoms with Crippen molar-refractivity contribution in [3.63, 3.8) is 0 Å². The van der Waals surface area contributed by atoms with Crippen LogP contribution in [-0.4, -0.2) is 11.3 Å². The summed E-state index contributed by atoms with van der Waals surface area (Å²) in [6, 6.07) is 30.7. The molecule has 0 bridgehead atoms. The van der Waals surface area contributed by atoms with E-state index < -0.39 is 0 Å². The molecule has 0 radical (unpaired) electrons. The van der Waals surface area contributed by atoms with Gasteiger partial charge in [-0.3, -0.25) is 4.99 Å². The van der Waals surface area contributed by atoms with Gasteiger partial charge in [0, 0.05) is 17.3 Å². The second-order valence-electron chi connectivity index (χ2n) is 11.2. The molecule has 4 rings (SSSR count). The van der Waals surface area contributed by atoms with Gasteiger partial charge in [0.25, 0.3) is 0 Å². The minimum atomic E-state index is -0.00286. The van der Waals surface area contributed by atoms with Crippen LogP contribution in [0.5, 0.6) is 5.75 Å². The zero-order valence-electron chi connectivity index (χ0n) is 21.6. The fraction of sp³-hybridized carbons (Fsp3) is 0.242. The van der Waals surface area contributed by atoms with Gasteiger partial charge in [0.15, 0.2) is 0 Å². The van der Waals surface area contributed by atoms with Crippen LogP contribution in [-0.2, 0) is 10.8 Å². The SMILES string of the molecule is CC(C)(C)c1ccc(C(C)(C)C)c(C=Nc2cc(-c3ccccc3)c(O)c(-c3ccccc3)c2)c1. The quantitative estimate of drug-likeness (QED) is 0.302. The molecule has 2 nitrogen and oxygen atoms in total. The summed E-state index contributed by atoms with van der Waals surface area (Å²) in [5.41, 5.74) is 8.01. The van der Waals surface area contributed by atoms with E-state index in [0.29, 0.717) is 0 Å². The number of hydrogen-bond acceptors (Lipinski definition) is 2. The first-order valence-electron chi connectivity index (χ1n) is 12.2. The molecule has 0 spiro atoms. The maximum Gasteiger partial charge on any atom is 0.131 e. The van der Waals surface area contributed by atoms with Crippen molar-refractivity contribution in [2.45, 2.75) is 52.4 Å². The molecular formula is C33H35NO. The molecule has 0 saturated heterocycles. The van der Waals surface area contributed by atoms with Crippen molar-refractivity contribution >= 4 is 11.9 Å². The molecule has 0 atom stereocenters. The highest BCUT2D eigenvalue weighted by Crippen LogP contribution is 2.41. The van der Waals surface area contributed by atoms with E-state index in [-0.39, 0.29) is 16.6 Å². The zero-order valence-corrected chi connectivity index (χ0v) is 21.6. The van der Waals surface area contributed by atoms with E-state index >= 15 is 0 Å². The van der Waals surface area contributed by atoms with Gasteiger partial charge in [-0.05, 0) is 56.8 Å². The van der Waals surface area contributed by atoms with Crippen LogP contribution in [0.2, 0.25) is 0 Å². The Hall–Kier alpha value is -3.65. The van der Waals surface area contributed by atoms with Crippen molar-refractivity contribution < 1.29 is 5.11 Å². The highest BCUT2D eigenvalue weighted by Gasteiger charge is 2.21. The topological polar surface area (TPSA) is 32.6 Å². The Morgan fingerprint density at radius 1 is 0.629 bits per heavy atom. The number of aliphatic imine (C=N–C) groups is 1. The predicted molar refractivity (Wildman–Crippen MR) is 150 cm³/mol. The third-order valence-electron chi connectivity index (χ3n) is 6.34. The van der Waals surface area contributed by atoms with Gasteiger partial charge in [-0.1, -0.05) is 114 Å². The molecular weight excluding hydrogens is 426 g/mol. The summed E-state index contributed by atoms with van der Waals surface area (Å²) in [5.74, 6) is 0.270. The van der Waals surface area contributed by atoms with Crippen LogP contribution in [0.15, 0.2) is 96.0 Å². The summed E-state index contributed by atoms with van der Waals surface area (Å²) in [6.07, 6.45) is 1.98. The predicted octanol–water partition coefficient (Wildman–Crippen LogP) is 9.07. The van der Waals surface area contributed by atoms with Crippen LogP contribution < -0.4 is 0 Å². The van der Waals surface area contributed by atoms with Gasteiger partial charge in [-0.15, -0.1) is 0 Å². The highest BCUT2D eigenvalue weighted by molar-refractivity contribution is 5.89. The summed E-state index contributed by atoms with van der Waals surface area (Å²) in [7, 11) is 0. The molecule has 0 heterocycles. The van der Waals surface area contributed by atoms with Crippen LogP contribution in [0.4, 0.5) is 5.69 Å². The Labute approximate surface area is 210 Å². The van der Waals surface area contributed by atoms with Gasteiger partial charge >= 0.3 is 0 Å². The highest BCUT2D eigenvalue weighted by atomic mass is 16.3. The summed E-state index contributed by atoms with van der Waals surface area (Å²) >= 11 is 0. The number of phenolic OH excluding ortho intramolecular Hbond substituents is 1. The molecule has 0 unspecified atom stereocenters. The van der Waals surface area contributed by atoms with Gasteiger partial charge < -0.3 is 5.11 Å². The van der Waals surface area contributed by atoms with Crippen LogP contribution >= 0.6 is 0 Å². The van der Waals surface area contributed by atoms with Crippen LogP contribution in [0.3, 0.4) is 0 Å². The standard InChI is InChI=1S/C33H35NO/c1-32(2,3)26-17-18-30(33(4,5)6)25(19-26)22-34-27-20-28(23-13-9-7-10-14-23)31(35)29(21-27)24-15-11-8-12-16-24/h7-22,35H,1-6H3. The number of phenols is 1. The molecule has 0 aliphatic rings. The lowest BCUT2D eigenvalue weighted by Crippen LogP contribution is -2.17. The zero-order chi connectivity index (χ0) is 25.2. The lowest BCUT2D eigenvalue weighted by molar-refractivity contribution is 0.479. The van der Waals surface area contributed by atoms with Crippen molar-refractivity contribution in [1.29, 1.82) is 0 Å². The lowest BCUT2D eigenvalue weighted by atomic mass is 9.79. The summed E-state index contributed by atoms with van der Waals surface area (Å²) in [5, 5.41) is 11.2. The largest absolute Gasteiger partial charge is 0.507 e. The second-order valence-corrected chi connectivity index (χ2v) is 11.2. The minimum absolute atomic E-state index is 0.00286. The molecule has 0 saturated carbocycles. The molecule has 0 aromatic heterocycles. The summed E-state index contributed by atoms with van der Waals surface area (Å²) in [4.78, 5) is 4.95. The third kappa shape index (κ3) is 5.54. The molecule has 0 amide bonds. The van der Waals surface area contributed by atoms with Gasteiger partial charge in [-0.25, -0.2) is 0 Å². The fourth-order valence-electron chi connectivity index (χ4n) is 4.33. The number of benzene rings is 4. The minimum Gasteiger partial charge on any atom is -0.507 e. The number of hydrogen-bond donors (Lipinski definition) is 1. The summed E-state index contributed by atoms with van der Waals surface area (Å²) in [6.45, 7) is 13.4. The van der Waals surface area contributed by atoms with E-state index in [1.54, 1.807) is 0 Å². The molecule has 1 N–H and O–H groups in total. The number of aromatic hydroxyl groups is 1. The first-order chi connectivity index (χ1) is 16.5. The number of rotatable bonds is 4. The van der Waals surface area contributed by atoms with Gasteiger partial charge in [0.1, 0.15) is 5.75 Å². The van der Waals surface area contributed by atoms with Gasteiger partial charge in [0.2, 0.25) is 0 Å². The van der Waals surface area contributed by atoms with Crippen molar-refractivity contribution in [3.05, 3.63) is 108 Å². The maximum absolute atomic E-state index is 11.2. The fourth-order valence-corrected chi connectivity index (χ4v) is 4.33. The smallest absolute Gasteiger partial charge is 0.131 e. The first kappa shape index (κ1) is 24.5. The van der Waals surface area contributed by atoms with E-state index in [1.165, 1.54) is 11.1 Å². The Morgan fingerprint density at radius 3 is 1.60 bits per heavy atom. The lowest BCUT2D eigenvalue weighted by Gasteiger charge is -2.25. The first-order valence-corrected chi connectivity index (χ1v) is 12.2. The average Bonchev–Trinajstić information content (AvgIpc) is 2.83. The molecule has 0 fully saturated rings. The van der Waals surface area contributed by atoms with E-state index in [0.717, 1.165) is 33.5 Å². The van der Waals surface area contributed by atoms with Gasteiger partial charge in [-0.2, -0.15) is 0 Å². The normalized spacial score (nSPS) is 12.3. The maximum atomic E-state index is 11.2. The van der Waals surface area contributed by atoms with Crippen LogP contribution in [0, 0.1) is 0 Å². The van der Waals surface area contributed by atoms with E-state index in [2.05, 4.69) is 59.7 Å². The van der Waals surface area contributed by atoms with Crippen LogP contribution in [0.25, 0.3) is 22.3 Å². The van der Waals surface area contributed by atoms with Gasteiger partial charge in [0.05, 0.1) is 5.69 Å². The molecule has 4 aromatic rings. The molecule has 4 aromatic carbocycles. The molecule has 2 heteroatoms. The Kier molecular flexibility index (Phi) is 6.67. The second kappa shape index (κ2) is 9.54. The van der Waals surface area contributed by atoms with Crippen molar-refractivity contribution in [2.75, 3.05) is 0 Å². The van der Waals surface area contributed by atoms with Crippen molar-refractivity contribution in [1.82, 2.24) is 0 Å². The summed E-state index contributed by atoms with van der Waals surface area (Å²) < 4.78 is 0. The Bertz CT molecular complexity index is 1280. The Balaban J connectivity index is 1.88. The van der Waals surface area contributed by atoms with Crippen molar-refractivity contribution in [3.8, 4) is 28.0 Å². The molecule has 178 valence electrons. The van der Waals surface area contributed by atoms with Crippen LogP contribution in [0.1, 0.15) is 58.2 Å². The average molecular weight is 462 g/mol. The Morgan fingerprint density at radius 2 is 1.14 bits per heavy atom. The molecule has 35 heavy (non-hydrogen) atoms. The monoisotopic (exact) mass is 461 g/mol. The van der Waals surface area contributed by atoms with E-state index in [4.69, 9.17) is 4.99 Å².